The van der Waals surface area contributed by atoms with Gasteiger partial charge in [-0.05, 0) is 43.7 Å². The summed E-state index contributed by atoms with van der Waals surface area (Å²) >= 11 is 0. The number of benzene rings is 1. The van der Waals surface area contributed by atoms with Gasteiger partial charge in [0, 0.05) is 26.2 Å². The largest absolute Gasteiger partial charge is 0.481 e. The zero-order valence-electron chi connectivity index (χ0n) is 14.4. The Hall–Kier alpha value is -2.24. The van der Waals surface area contributed by atoms with E-state index < -0.39 is 11.4 Å². The first-order valence-corrected chi connectivity index (χ1v) is 9.23. The second-order valence-electron chi connectivity index (χ2n) is 7.57. The zero-order chi connectivity index (χ0) is 17.4. The second-order valence-corrected chi connectivity index (χ2v) is 7.57. The summed E-state index contributed by atoms with van der Waals surface area (Å²) in [5, 5.41) is 12.7. The molecule has 25 heavy (non-hydrogen) atoms. The Labute approximate surface area is 147 Å². The first-order valence-electron chi connectivity index (χ1n) is 9.23. The molecule has 0 bridgehead atoms. The summed E-state index contributed by atoms with van der Waals surface area (Å²) in [5.74, 6) is -0.660. The predicted octanol–water partition coefficient (Wildman–Crippen LogP) is 3.01. The quantitative estimate of drug-likeness (QED) is 0.885. The molecule has 2 atom stereocenters. The minimum absolute atomic E-state index is 0.0876. The Kier molecular flexibility index (Phi) is 4.06. The van der Waals surface area contributed by atoms with Gasteiger partial charge in [0.15, 0.2) is 0 Å². The summed E-state index contributed by atoms with van der Waals surface area (Å²) in [6.07, 6.45) is 4.89. The lowest BCUT2D eigenvalue weighted by molar-refractivity contribution is -0.149. The topological polar surface area (TPSA) is 72.9 Å². The lowest BCUT2D eigenvalue weighted by atomic mass is 9.81. The number of fused-ring (bicyclic) bond motifs is 1. The van der Waals surface area contributed by atoms with Gasteiger partial charge >= 0.3 is 12.0 Å². The average molecular weight is 343 g/mol. The van der Waals surface area contributed by atoms with E-state index in [1.54, 1.807) is 4.90 Å². The standard InChI is InChI=1S/C19H25N3O3/c23-17(24)19-9-5-6-14(19)12-22(13-19)18(25)20-15-7-1-2-8-16(15)21-10-3-4-11-21/h1-2,7-8,14H,3-6,9-13H2,(H,20,25)(H,23,24)/t14-,19+/m0/s1. The fraction of sp³-hybridized carbons (Fsp3) is 0.579. The van der Waals surface area contributed by atoms with Crippen LogP contribution in [-0.2, 0) is 4.79 Å². The van der Waals surface area contributed by atoms with Crippen LogP contribution in [0.5, 0.6) is 0 Å². The molecule has 2 saturated heterocycles. The van der Waals surface area contributed by atoms with Gasteiger partial charge in [0.05, 0.1) is 16.8 Å². The van der Waals surface area contributed by atoms with Crippen LogP contribution in [0.4, 0.5) is 16.2 Å². The number of carbonyl (C=O) groups is 2. The number of urea groups is 1. The van der Waals surface area contributed by atoms with Crippen LogP contribution in [-0.4, -0.2) is 48.2 Å². The first-order chi connectivity index (χ1) is 12.1. The van der Waals surface area contributed by atoms with Crippen molar-refractivity contribution in [2.75, 3.05) is 36.4 Å². The molecule has 0 spiro atoms. The van der Waals surface area contributed by atoms with Crippen LogP contribution in [0.15, 0.2) is 24.3 Å². The Bertz CT molecular complexity index is 686. The molecule has 6 heteroatoms. The molecule has 1 aromatic carbocycles. The lowest BCUT2D eigenvalue weighted by Crippen LogP contribution is -2.39. The van der Waals surface area contributed by atoms with Crippen molar-refractivity contribution in [1.82, 2.24) is 4.90 Å². The molecule has 2 N–H and O–H groups in total. The normalized spacial score (nSPS) is 28.2. The number of aliphatic carboxylic acids is 1. The molecule has 2 heterocycles. The summed E-state index contributed by atoms with van der Waals surface area (Å²) in [5.41, 5.74) is 1.14. The molecule has 3 fully saturated rings. The highest BCUT2D eigenvalue weighted by Gasteiger charge is 2.55. The number of carboxylic acid groups (broad SMARTS) is 1. The molecule has 134 valence electrons. The molecule has 1 aromatic rings. The molecular formula is C19H25N3O3. The number of likely N-dealkylation sites (tertiary alicyclic amines) is 1. The maximum atomic E-state index is 12.8. The molecule has 1 aliphatic carbocycles. The van der Waals surface area contributed by atoms with E-state index in [2.05, 4.69) is 10.2 Å². The summed E-state index contributed by atoms with van der Waals surface area (Å²) in [7, 11) is 0. The number of hydrogen-bond acceptors (Lipinski definition) is 3. The van der Waals surface area contributed by atoms with Crippen molar-refractivity contribution < 1.29 is 14.7 Å². The molecule has 2 amide bonds. The molecule has 1 saturated carbocycles. The van der Waals surface area contributed by atoms with Crippen molar-refractivity contribution in [3.8, 4) is 0 Å². The van der Waals surface area contributed by atoms with Crippen LogP contribution in [0.2, 0.25) is 0 Å². The Balaban J connectivity index is 1.49. The number of para-hydroxylation sites is 2. The van der Waals surface area contributed by atoms with E-state index in [9.17, 15) is 14.7 Å². The fourth-order valence-electron chi connectivity index (χ4n) is 4.80. The highest BCUT2D eigenvalue weighted by Crippen LogP contribution is 2.49. The van der Waals surface area contributed by atoms with Gasteiger partial charge in [0.25, 0.3) is 0 Å². The number of carbonyl (C=O) groups excluding carboxylic acids is 1. The van der Waals surface area contributed by atoms with Crippen LogP contribution in [0.3, 0.4) is 0 Å². The monoisotopic (exact) mass is 343 g/mol. The number of nitrogens with one attached hydrogen (secondary N) is 1. The van der Waals surface area contributed by atoms with E-state index in [0.717, 1.165) is 37.3 Å². The van der Waals surface area contributed by atoms with Crippen molar-refractivity contribution in [2.45, 2.75) is 32.1 Å². The summed E-state index contributed by atoms with van der Waals surface area (Å²) in [6.45, 7) is 2.90. The van der Waals surface area contributed by atoms with Gasteiger partial charge in [-0.25, -0.2) is 4.79 Å². The fourth-order valence-corrected chi connectivity index (χ4v) is 4.80. The Morgan fingerprint density at radius 1 is 1.16 bits per heavy atom. The van der Waals surface area contributed by atoms with Crippen LogP contribution >= 0.6 is 0 Å². The number of rotatable bonds is 3. The van der Waals surface area contributed by atoms with Crippen LogP contribution in [0.25, 0.3) is 0 Å². The van der Waals surface area contributed by atoms with E-state index in [4.69, 9.17) is 0 Å². The van der Waals surface area contributed by atoms with Crippen molar-refractivity contribution in [1.29, 1.82) is 0 Å². The molecule has 0 radical (unpaired) electrons. The third kappa shape index (κ3) is 2.73. The van der Waals surface area contributed by atoms with E-state index in [1.807, 2.05) is 24.3 Å². The third-order valence-corrected chi connectivity index (χ3v) is 6.18. The van der Waals surface area contributed by atoms with Crippen molar-refractivity contribution in [3.63, 3.8) is 0 Å². The highest BCUT2D eigenvalue weighted by atomic mass is 16.4. The van der Waals surface area contributed by atoms with Gasteiger partial charge in [-0.15, -0.1) is 0 Å². The Morgan fingerprint density at radius 3 is 2.64 bits per heavy atom. The van der Waals surface area contributed by atoms with Gasteiger partial charge in [0.1, 0.15) is 0 Å². The SMILES string of the molecule is O=C(Nc1ccccc1N1CCCC1)N1C[C@@H]2CCC[C@@]2(C(=O)O)C1. The van der Waals surface area contributed by atoms with Crippen LogP contribution < -0.4 is 10.2 Å². The molecule has 0 aromatic heterocycles. The number of nitrogens with zero attached hydrogens (tertiary/aromatic N) is 2. The average Bonchev–Trinajstić information content (AvgIpc) is 3.31. The van der Waals surface area contributed by atoms with E-state index in [0.29, 0.717) is 19.5 Å². The third-order valence-electron chi connectivity index (χ3n) is 6.18. The highest BCUT2D eigenvalue weighted by molar-refractivity contribution is 5.94. The summed E-state index contributed by atoms with van der Waals surface area (Å²) in [4.78, 5) is 28.6. The number of amides is 2. The predicted molar refractivity (Wildman–Crippen MR) is 95.9 cm³/mol. The number of hydrogen-bond donors (Lipinski definition) is 2. The van der Waals surface area contributed by atoms with Crippen molar-refractivity contribution >= 4 is 23.4 Å². The summed E-state index contributed by atoms with van der Waals surface area (Å²) in [6, 6.07) is 7.70. The van der Waals surface area contributed by atoms with Crippen LogP contribution in [0, 0.1) is 11.3 Å². The number of carboxylic acids is 1. The minimum Gasteiger partial charge on any atom is -0.481 e. The molecule has 4 rings (SSSR count). The zero-order valence-corrected chi connectivity index (χ0v) is 14.4. The lowest BCUT2D eigenvalue weighted by Gasteiger charge is -2.25. The number of anilines is 2. The maximum absolute atomic E-state index is 12.8. The molecule has 2 aliphatic heterocycles. The van der Waals surface area contributed by atoms with Gasteiger partial charge in [-0.3, -0.25) is 4.79 Å². The van der Waals surface area contributed by atoms with Gasteiger partial charge in [0.2, 0.25) is 0 Å². The molecule has 0 unspecified atom stereocenters. The minimum atomic E-state index is -0.747. The van der Waals surface area contributed by atoms with Crippen molar-refractivity contribution in [2.24, 2.45) is 11.3 Å². The maximum Gasteiger partial charge on any atom is 0.321 e. The first kappa shape index (κ1) is 16.2. The van der Waals surface area contributed by atoms with Gasteiger partial charge in [-0.2, -0.15) is 0 Å². The van der Waals surface area contributed by atoms with Crippen LogP contribution in [0.1, 0.15) is 32.1 Å². The van der Waals surface area contributed by atoms with Crippen molar-refractivity contribution in [3.05, 3.63) is 24.3 Å². The summed E-state index contributed by atoms with van der Waals surface area (Å²) < 4.78 is 0. The second kappa shape index (κ2) is 6.24. The molecular weight excluding hydrogens is 318 g/mol. The molecule has 3 aliphatic rings. The van der Waals surface area contributed by atoms with E-state index in [-0.39, 0.29) is 11.9 Å². The Morgan fingerprint density at radius 2 is 1.92 bits per heavy atom. The van der Waals surface area contributed by atoms with E-state index in [1.165, 1.54) is 12.8 Å². The molecule has 6 nitrogen and oxygen atoms in total. The smallest absolute Gasteiger partial charge is 0.321 e. The van der Waals surface area contributed by atoms with Gasteiger partial charge < -0.3 is 20.2 Å². The van der Waals surface area contributed by atoms with E-state index >= 15 is 0 Å². The van der Waals surface area contributed by atoms with Gasteiger partial charge in [-0.1, -0.05) is 18.6 Å².